The van der Waals surface area contributed by atoms with Crippen LogP contribution in [-0.4, -0.2) is 45.2 Å². The molecule has 0 unspecified atom stereocenters. The van der Waals surface area contributed by atoms with Gasteiger partial charge in [0.25, 0.3) is 0 Å². The monoisotopic (exact) mass is 234 g/mol. The molecular weight excluding hydrogens is 212 g/mol. The van der Waals surface area contributed by atoms with Crippen LogP contribution >= 0.6 is 0 Å². The summed E-state index contributed by atoms with van der Waals surface area (Å²) < 4.78 is 24.9. The third kappa shape index (κ3) is 4.95. The summed E-state index contributed by atoms with van der Waals surface area (Å²) in [6.07, 6.45) is 2.47. The number of likely N-dealkylation sites (tertiary alicyclic amines) is 1. The fourth-order valence-electron chi connectivity index (χ4n) is 1.75. The van der Waals surface area contributed by atoms with E-state index in [-0.39, 0.29) is 5.75 Å². The van der Waals surface area contributed by atoms with Crippen LogP contribution in [0.4, 0.5) is 0 Å². The minimum absolute atomic E-state index is 0.171. The van der Waals surface area contributed by atoms with Gasteiger partial charge in [-0.25, -0.2) is 13.1 Å². The van der Waals surface area contributed by atoms with Crippen LogP contribution in [0.15, 0.2) is 0 Å². The molecule has 0 radical (unpaired) electrons. The molecule has 0 atom stereocenters. The molecule has 1 fully saturated rings. The molecule has 90 valence electrons. The van der Waals surface area contributed by atoms with Crippen LogP contribution in [0.25, 0.3) is 0 Å². The number of rotatable bonds is 5. The quantitative estimate of drug-likeness (QED) is 0.760. The zero-order valence-electron chi connectivity index (χ0n) is 9.70. The van der Waals surface area contributed by atoms with E-state index in [9.17, 15) is 8.42 Å². The first-order chi connectivity index (χ1) is 7.03. The second-order valence-electron chi connectivity index (χ2n) is 4.32. The fraction of sp³-hybridized carbons (Fsp3) is 1.00. The summed E-state index contributed by atoms with van der Waals surface area (Å²) in [6, 6.07) is 0. The molecule has 4 nitrogen and oxygen atoms in total. The first-order valence-electron chi connectivity index (χ1n) is 5.73. The largest absolute Gasteiger partial charge is 0.302 e. The van der Waals surface area contributed by atoms with Crippen molar-refractivity contribution in [3.05, 3.63) is 0 Å². The van der Waals surface area contributed by atoms with E-state index in [2.05, 4.69) is 16.5 Å². The van der Waals surface area contributed by atoms with Gasteiger partial charge >= 0.3 is 0 Å². The van der Waals surface area contributed by atoms with Crippen LogP contribution < -0.4 is 4.72 Å². The molecule has 1 aliphatic rings. The van der Waals surface area contributed by atoms with Crippen molar-refractivity contribution in [2.75, 3.05) is 31.9 Å². The lowest BCUT2D eigenvalue weighted by Crippen LogP contribution is -2.39. The zero-order chi connectivity index (χ0) is 11.3. The molecule has 1 rings (SSSR count). The predicted molar refractivity (Wildman–Crippen MR) is 62.3 cm³/mol. The molecule has 0 aromatic carbocycles. The van der Waals surface area contributed by atoms with E-state index in [0.717, 1.165) is 25.6 Å². The minimum Gasteiger partial charge on any atom is -0.302 e. The summed E-state index contributed by atoms with van der Waals surface area (Å²) in [5, 5.41) is 0. The number of nitrogens with zero attached hydrogens (tertiary/aromatic N) is 1. The molecular formula is C10H22N2O2S. The van der Waals surface area contributed by atoms with E-state index in [1.54, 1.807) is 6.92 Å². The van der Waals surface area contributed by atoms with Gasteiger partial charge < -0.3 is 4.90 Å². The summed E-state index contributed by atoms with van der Waals surface area (Å²) >= 11 is 0. The Kier molecular flexibility index (Phi) is 5.02. The van der Waals surface area contributed by atoms with Crippen LogP contribution in [-0.2, 0) is 10.0 Å². The second-order valence-corrected chi connectivity index (χ2v) is 6.42. The van der Waals surface area contributed by atoms with Crippen molar-refractivity contribution in [1.82, 2.24) is 9.62 Å². The zero-order valence-corrected chi connectivity index (χ0v) is 10.5. The average molecular weight is 234 g/mol. The standard InChI is InChI=1S/C10H22N2O2S/c1-3-15(13,14)11-6-9-12-7-4-10(2)5-8-12/h10-11H,3-9H2,1-2H3. The number of hydrogen-bond donors (Lipinski definition) is 1. The highest BCUT2D eigenvalue weighted by molar-refractivity contribution is 7.89. The van der Waals surface area contributed by atoms with Crippen LogP contribution in [0.1, 0.15) is 26.7 Å². The molecule has 0 spiro atoms. The second kappa shape index (κ2) is 5.82. The number of nitrogens with one attached hydrogen (secondary N) is 1. The van der Waals surface area contributed by atoms with Gasteiger partial charge in [0.05, 0.1) is 5.75 Å². The molecule has 0 aliphatic carbocycles. The van der Waals surface area contributed by atoms with Crippen molar-refractivity contribution in [2.45, 2.75) is 26.7 Å². The number of hydrogen-bond acceptors (Lipinski definition) is 3. The Hall–Kier alpha value is -0.130. The lowest BCUT2D eigenvalue weighted by Gasteiger charge is -2.30. The van der Waals surface area contributed by atoms with E-state index >= 15 is 0 Å². The van der Waals surface area contributed by atoms with Gasteiger partial charge in [-0.2, -0.15) is 0 Å². The lowest BCUT2D eigenvalue weighted by molar-refractivity contribution is 0.195. The fourth-order valence-corrected chi connectivity index (χ4v) is 2.35. The van der Waals surface area contributed by atoms with Crippen molar-refractivity contribution in [3.8, 4) is 0 Å². The van der Waals surface area contributed by atoms with Crippen molar-refractivity contribution >= 4 is 10.0 Å². The van der Waals surface area contributed by atoms with Gasteiger partial charge in [-0.3, -0.25) is 0 Å². The molecule has 0 bridgehead atoms. The van der Waals surface area contributed by atoms with Gasteiger partial charge in [-0.05, 0) is 38.8 Å². The maximum absolute atomic E-state index is 11.2. The first-order valence-corrected chi connectivity index (χ1v) is 7.38. The first kappa shape index (κ1) is 12.9. The Balaban J connectivity index is 2.16. The maximum Gasteiger partial charge on any atom is 0.211 e. The Morgan fingerprint density at radius 1 is 1.33 bits per heavy atom. The highest BCUT2D eigenvalue weighted by atomic mass is 32.2. The van der Waals surface area contributed by atoms with Crippen LogP contribution in [0.3, 0.4) is 0 Å². The summed E-state index contributed by atoms with van der Waals surface area (Å²) in [7, 11) is -3.01. The van der Waals surface area contributed by atoms with Crippen LogP contribution in [0, 0.1) is 5.92 Å². The molecule has 1 aliphatic heterocycles. The van der Waals surface area contributed by atoms with E-state index in [1.165, 1.54) is 12.8 Å². The van der Waals surface area contributed by atoms with Crippen molar-refractivity contribution < 1.29 is 8.42 Å². The van der Waals surface area contributed by atoms with E-state index in [4.69, 9.17) is 0 Å². The van der Waals surface area contributed by atoms with E-state index < -0.39 is 10.0 Å². The van der Waals surface area contributed by atoms with Crippen LogP contribution in [0.2, 0.25) is 0 Å². The highest BCUT2D eigenvalue weighted by Crippen LogP contribution is 2.14. The average Bonchev–Trinajstić information content (AvgIpc) is 2.21. The third-order valence-corrected chi connectivity index (χ3v) is 4.41. The summed E-state index contributed by atoms with van der Waals surface area (Å²) in [4.78, 5) is 2.33. The lowest BCUT2D eigenvalue weighted by atomic mass is 9.99. The molecule has 0 saturated carbocycles. The molecule has 0 aromatic heterocycles. The van der Waals surface area contributed by atoms with Gasteiger partial charge in [-0.15, -0.1) is 0 Å². The SMILES string of the molecule is CCS(=O)(=O)NCCN1CCC(C)CC1. The van der Waals surface area contributed by atoms with Gasteiger partial charge in [0.15, 0.2) is 0 Å². The van der Waals surface area contributed by atoms with Gasteiger partial charge in [0.1, 0.15) is 0 Å². The maximum atomic E-state index is 11.2. The van der Waals surface area contributed by atoms with Crippen molar-refractivity contribution in [1.29, 1.82) is 0 Å². The van der Waals surface area contributed by atoms with E-state index in [1.807, 2.05) is 0 Å². The molecule has 0 aromatic rings. The topological polar surface area (TPSA) is 49.4 Å². The minimum atomic E-state index is -3.01. The molecule has 0 amide bonds. The molecule has 5 heteroatoms. The number of piperidine rings is 1. The van der Waals surface area contributed by atoms with Crippen molar-refractivity contribution in [2.24, 2.45) is 5.92 Å². The van der Waals surface area contributed by atoms with Gasteiger partial charge in [0.2, 0.25) is 10.0 Å². The van der Waals surface area contributed by atoms with Crippen molar-refractivity contribution in [3.63, 3.8) is 0 Å². The smallest absolute Gasteiger partial charge is 0.211 e. The van der Waals surface area contributed by atoms with Crippen LogP contribution in [0.5, 0.6) is 0 Å². The van der Waals surface area contributed by atoms with Gasteiger partial charge in [0, 0.05) is 13.1 Å². The van der Waals surface area contributed by atoms with Gasteiger partial charge in [-0.1, -0.05) is 6.92 Å². The summed E-state index contributed by atoms with van der Waals surface area (Å²) in [5.41, 5.74) is 0. The number of sulfonamides is 1. The highest BCUT2D eigenvalue weighted by Gasteiger charge is 2.15. The summed E-state index contributed by atoms with van der Waals surface area (Å²) in [5.74, 6) is 0.998. The molecule has 1 saturated heterocycles. The molecule has 1 heterocycles. The Morgan fingerprint density at radius 2 is 1.93 bits per heavy atom. The summed E-state index contributed by atoms with van der Waals surface area (Å²) in [6.45, 7) is 7.53. The molecule has 15 heavy (non-hydrogen) atoms. The Labute approximate surface area is 93.1 Å². The van der Waals surface area contributed by atoms with E-state index in [0.29, 0.717) is 6.54 Å². The molecule has 1 N–H and O–H groups in total. The Morgan fingerprint density at radius 3 is 2.47 bits per heavy atom. The Bertz CT molecular complexity index is 269. The predicted octanol–water partition coefficient (Wildman–Crippen LogP) is 0.658. The third-order valence-electron chi connectivity index (χ3n) is 3.01. The normalized spacial score (nSPS) is 20.7.